The molecule has 0 spiro atoms. The van der Waals surface area contributed by atoms with E-state index in [1.807, 2.05) is 30.3 Å². The molecule has 1 saturated carbocycles. The van der Waals surface area contributed by atoms with Gasteiger partial charge in [0, 0.05) is 17.3 Å². The smallest absolute Gasteiger partial charge is 0.235 e. The maximum atomic E-state index is 15.8. The van der Waals surface area contributed by atoms with Crippen LogP contribution in [0.25, 0.3) is 32.4 Å². The second-order valence-corrected chi connectivity index (χ2v) is 11.4. The van der Waals surface area contributed by atoms with E-state index in [1.165, 1.54) is 23.6 Å². The first kappa shape index (κ1) is 23.4. The van der Waals surface area contributed by atoms with Crippen LogP contribution in [0.3, 0.4) is 0 Å². The lowest BCUT2D eigenvalue weighted by Gasteiger charge is -2.22. The highest BCUT2D eigenvalue weighted by atomic mass is 32.2. The minimum Gasteiger partial charge on any atom is -0.368 e. The van der Waals surface area contributed by atoms with Crippen molar-refractivity contribution in [2.75, 3.05) is 10.5 Å². The summed E-state index contributed by atoms with van der Waals surface area (Å²) in [6, 6.07) is 15.9. The Balaban J connectivity index is 1.59. The van der Waals surface area contributed by atoms with Gasteiger partial charge in [-0.1, -0.05) is 55.7 Å². The molecule has 1 aliphatic rings. The number of sulfonamides is 1. The number of nitrogens with one attached hydrogen (secondary N) is 1. The highest BCUT2D eigenvalue weighted by Crippen LogP contribution is 2.42. The second kappa shape index (κ2) is 9.71. The van der Waals surface area contributed by atoms with E-state index in [0.717, 1.165) is 24.8 Å². The first-order chi connectivity index (χ1) is 16.9. The molecule has 2 aromatic heterocycles. The van der Waals surface area contributed by atoms with Crippen molar-refractivity contribution >= 4 is 33.0 Å². The third kappa shape index (κ3) is 4.89. The lowest BCUT2D eigenvalue weighted by Crippen LogP contribution is -2.30. The fourth-order valence-corrected chi connectivity index (χ4v) is 6.93. The molecule has 1 aliphatic carbocycles. The van der Waals surface area contributed by atoms with Gasteiger partial charge in [0.05, 0.1) is 27.2 Å². The molecule has 0 unspecified atom stereocenters. The maximum Gasteiger partial charge on any atom is 0.235 e. The summed E-state index contributed by atoms with van der Waals surface area (Å²) in [5, 5.41) is 0.170. The molecule has 7 nitrogen and oxygen atoms in total. The molecule has 0 saturated heterocycles. The maximum absolute atomic E-state index is 15.8. The van der Waals surface area contributed by atoms with Crippen molar-refractivity contribution in [3.8, 4) is 32.4 Å². The van der Waals surface area contributed by atoms with Crippen molar-refractivity contribution < 1.29 is 12.8 Å². The van der Waals surface area contributed by atoms with Gasteiger partial charge >= 0.3 is 0 Å². The molecule has 2 aromatic carbocycles. The van der Waals surface area contributed by atoms with Gasteiger partial charge in [0.15, 0.2) is 5.82 Å². The van der Waals surface area contributed by atoms with Gasteiger partial charge in [-0.25, -0.2) is 27.8 Å². The number of nitrogen functional groups attached to an aromatic ring is 1. The zero-order valence-corrected chi connectivity index (χ0v) is 20.4. The lowest BCUT2D eigenvalue weighted by molar-refractivity contribution is 0.486. The van der Waals surface area contributed by atoms with Crippen molar-refractivity contribution in [1.29, 1.82) is 0 Å². The normalized spacial score (nSPS) is 14.7. The number of benzene rings is 2. The Kier molecular flexibility index (Phi) is 6.48. The number of thiazole rings is 1. The van der Waals surface area contributed by atoms with Crippen molar-refractivity contribution in [2.24, 2.45) is 0 Å². The van der Waals surface area contributed by atoms with Crippen LogP contribution in [0.4, 0.5) is 16.0 Å². The number of nitrogens with zero attached hydrogens (tertiary/aromatic N) is 3. The number of hydrogen-bond donors (Lipinski definition) is 2. The second-order valence-electron chi connectivity index (χ2n) is 8.44. The van der Waals surface area contributed by atoms with Crippen molar-refractivity contribution in [3.63, 3.8) is 0 Å². The number of rotatable bonds is 6. The van der Waals surface area contributed by atoms with Crippen LogP contribution in [0.15, 0.2) is 60.8 Å². The van der Waals surface area contributed by atoms with Gasteiger partial charge in [0.2, 0.25) is 16.0 Å². The molecule has 0 radical (unpaired) electrons. The van der Waals surface area contributed by atoms with Crippen molar-refractivity contribution in [1.82, 2.24) is 15.0 Å². The van der Waals surface area contributed by atoms with Crippen LogP contribution in [-0.4, -0.2) is 28.6 Å². The summed E-state index contributed by atoms with van der Waals surface area (Å²) in [6.07, 6.45) is 5.46. The lowest BCUT2D eigenvalue weighted by atomic mass is 10.0. The average molecular weight is 510 g/mol. The minimum atomic E-state index is -3.71. The largest absolute Gasteiger partial charge is 0.368 e. The predicted octanol–water partition coefficient (Wildman–Crippen LogP) is 5.73. The van der Waals surface area contributed by atoms with Gasteiger partial charge in [-0.05, 0) is 31.0 Å². The van der Waals surface area contributed by atoms with Gasteiger partial charge in [-0.2, -0.15) is 0 Å². The summed E-state index contributed by atoms with van der Waals surface area (Å²) in [5.41, 5.74) is 7.65. The van der Waals surface area contributed by atoms with Gasteiger partial charge < -0.3 is 5.73 Å². The summed E-state index contributed by atoms with van der Waals surface area (Å²) in [7, 11) is -3.71. The molecule has 0 bridgehead atoms. The summed E-state index contributed by atoms with van der Waals surface area (Å²) in [4.78, 5) is 13.6. The molecule has 2 heterocycles. The fourth-order valence-electron chi connectivity index (χ4n) is 4.29. The van der Waals surface area contributed by atoms with Crippen LogP contribution >= 0.6 is 11.3 Å². The predicted molar refractivity (Wildman–Crippen MR) is 138 cm³/mol. The van der Waals surface area contributed by atoms with Crippen LogP contribution in [-0.2, 0) is 10.0 Å². The number of aromatic nitrogens is 3. The van der Waals surface area contributed by atoms with Crippen LogP contribution in [0, 0.1) is 5.82 Å². The summed E-state index contributed by atoms with van der Waals surface area (Å²) in [6.45, 7) is 0. The highest BCUT2D eigenvalue weighted by Gasteiger charge is 2.29. The third-order valence-electron chi connectivity index (χ3n) is 6.05. The average Bonchev–Trinajstić information content (AvgIpc) is 3.32. The first-order valence-electron chi connectivity index (χ1n) is 11.4. The SMILES string of the molecule is Nc1nccc(-c2sc(-c3ccccc3)nc2-c2cccc(NS(=O)(=O)C3CCCCC3)c2F)n1. The van der Waals surface area contributed by atoms with E-state index in [0.29, 0.717) is 34.1 Å². The molecule has 3 N–H and O–H groups in total. The zero-order valence-electron chi connectivity index (χ0n) is 18.8. The molecule has 10 heteroatoms. The van der Waals surface area contributed by atoms with E-state index in [4.69, 9.17) is 10.7 Å². The molecule has 0 aliphatic heterocycles. The molecule has 5 rings (SSSR count). The topological polar surface area (TPSA) is 111 Å². The number of anilines is 2. The van der Waals surface area contributed by atoms with E-state index < -0.39 is 21.1 Å². The Morgan fingerprint density at radius 2 is 1.74 bits per heavy atom. The van der Waals surface area contributed by atoms with Crippen LogP contribution in [0.5, 0.6) is 0 Å². The number of nitrogens with two attached hydrogens (primary N) is 1. The molecule has 4 aromatic rings. The van der Waals surface area contributed by atoms with Crippen molar-refractivity contribution in [3.05, 3.63) is 66.6 Å². The van der Waals surface area contributed by atoms with Crippen LogP contribution < -0.4 is 10.5 Å². The molecule has 1 fully saturated rings. The highest BCUT2D eigenvalue weighted by molar-refractivity contribution is 7.93. The summed E-state index contributed by atoms with van der Waals surface area (Å²) in [5.74, 6) is -0.586. The first-order valence-corrected chi connectivity index (χ1v) is 13.7. The van der Waals surface area contributed by atoms with Crippen LogP contribution in [0.2, 0.25) is 0 Å². The van der Waals surface area contributed by atoms with Gasteiger partial charge in [0.1, 0.15) is 5.01 Å². The fraction of sp³-hybridized carbons (Fsp3) is 0.240. The Morgan fingerprint density at radius 1 is 0.971 bits per heavy atom. The van der Waals surface area contributed by atoms with Gasteiger partial charge in [-0.3, -0.25) is 4.72 Å². The van der Waals surface area contributed by atoms with Gasteiger partial charge in [-0.15, -0.1) is 11.3 Å². The zero-order chi connectivity index (χ0) is 24.4. The van der Waals surface area contributed by atoms with E-state index >= 15 is 4.39 Å². The standard InChI is InChI=1S/C25H24FN5O2S2/c26-21-18(12-7-13-19(21)31-35(32,33)17-10-5-2-6-11-17)22-23(20-14-15-28-25(27)29-20)34-24(30-22)16-8-3-1-4-9-16/h1,3-4,7-9,12-15,17,31H,2,5-6,10-11H2,(H2,27,28,29). The molecule has 180 valence electrons. The molecular weight excluding hydrogens is 485 g/mol. The summed E-state index contributed by atoms with van der Waals surface area (Å²) < 4.78 is 44.2. The van der Waals surface area contributed by atoms with E-state index in [9.17, 15) is 8.42 Å². The summed E-state index contributed by atoms with van der Waals surface area (Å²) >= 11 is 1.36. The van der Waals surface area contributed by atoms with E-state index in [-0.39, 0.29) is 17.2 Å². The number of hydrogen-bond acceptors (Lipinski definition) is 7. The molecular formula is C25H24FN5O2S2. The third-order valence-corrected chi connectivity index (χ3v) is 9.03. The molecule has 0 amide bonds. The van der Waals surface area contributed by atoms with Crippen molar-refractivity contribution in [2.45, 2.75) is 37.4 Å². The van der Waals surface area contributed by atoms with Gasteiger partial charge in [0.25, 0.3) is 0 Å². The Labute approximate surface area is 207 Å². The molecule has 35 heavy (non-hydrogen) atoms. The van der Waals surface area contributed by atoms with E-state index in [1.54, 1.807) is 18.2 Å². The Bertz CT molecular complexity index is 1450. The monoisotopic (exact) mass is 509 g/mol. The number of halogens is 1. The van der Waals surface area contributed by atoms with Crippen LogP contribution in [0.1, 0.15) is 32.1 Å². The Morgan fingerprint density at radius 3 is 2.49 bits per heavy atom. The minimum absolute atomic E-state index is 0.0875. The molecule has 0 atom stereocenters. The quantitative estimate of drug-likeness (QED) is 0.343. The Hall–Kier alpha value is -3.37. The van der Waals surface area contributed by atoms with E-state index in [2.05, 4.69) is 14.7 Å².